The molecule has 2 aliphatic carbocycles. The SMILES string of the molecule is CCNC(=NCC1(c2ccccc2Br)CC1)NCC1CCN(C2CC2)C1.I. The number of nitrogens with zero attached hydrogens (tertiary/aromatic N) is 2. The Morgan fingerprint density at radius 2 is 2.00 bits per heavy atom. The van der Waals surface area contributed by atoms with Crippen LogP contribution in [-0.2, 0) is 5.41 Å². The van der Waals surface area contributed by atoms with E-state index < -0.39 is 0 Å². The third-order valence-electron chi connectivity index (χ3n) is 6.12. The molecule has 1 unspecified atom stereocenters. The van der Waals surface area contributed by atoms with E-state index in [1.54, 1.807) is 0 Å². The molecule has 4 nitrogen and oxygen atoms in total. The number of hydrogen-bond acceptors (Lipinski definition) is 2. The molecule has 4 rings (SSSR count). The molecule has 2 saturated carbocycles. The van der Waals surface area contributed by atoms with Crippen LogP contribution in [-0.4, -0.2) is 49.6 Å². The predicted octanol–water partition coefficient (Wildman–Crippen LogP) is 4.14. The smallest absolute Gasteiger partial charge is 0.191 e. The standard InChI is InChI=1S/C21H31BrN4.HI/c1-2-23-20(24-13-16-9-12-26(14-16)17-7-8-17)25-15-21(10-11-21)18-5-3-4-6-19(18)22;/h3-6,16-17H,2,7-15H2,1H3,(H2,23,24,25);1H. The van der Waals surface area contributed by atoms with Crippen LogP contribution in [0.2, 0.25) is 0 Å². The summed E-state index contributed by atoms with van der Waals surface area (Å²) in [7, 11) is 0. The average Bonchev–Trinajstić information content (AvgIpc) is 3.58. The number of rotatable bonds is 7. The normalized spacial score (nSPS) is 24.4. The number of likely N-dealkylation sites (tertiary alicyclic amines) is 1. The molecule has 1 atom stereocenters. The average molecular weight is 547 g/mol. The monoisotopic (exact) mass is 546 g/mol. The van der Waals surface area contributed by atoms with Crippen LogP contribution >= 0.6 is 39.9 Å². The Balaban J connectivity index is 0.00000210. The van der Waals surface area contributed by atoms with Crippen molar-refractivity contribution in [2.45, 2.75) is 50.5 Å². The summed E-state index contributed by atoms with van der Waals surface area (Å²) >= 11 is 3.72. The molecule has 0 spiro atoms. The van der Waals surface area contributed by atoms with Gasteiger partial charge in [-0.3, -0.25) is 4.99 Å². The van der Waals surface area contributed by atoms with Crippen molar-refractivity contribution in [1.82, 2.24) is 15.5 Å². The van der Waals surface area contributed by atoms with Gasteiger partial charge in [0, 0.05) is 35.6 Å². The Kier molecular flexibility index (Phi) is 7.47. The van der Waals surface area contributed by atoms with Crippen LogP contribution in [0.1, 0.15) is 44.6 Å². The lowest BCUT2D eigenvalue weighted by Gasteiger charge is -2.19. The van der Waals surface area contributed by atoms with Crippen LogP contribution < -0.4 is 10.6 Å². The van der Waals surface area contributed by atoms with Gasteiger partial charge < -0.3 is 15.5 Å². The van der Waals surface area contributed by atoms with Crippen molar-refractivity contribution in [1.29, 1.82) is 0 Å². The molecule has 27 heavy (non-hydrogen) atoms. The molecule has 0 radical (unpaired) electrons. The van der Waals surface area contributed by atoms with E-state index in [0.717, 1.165) is 37.6 Å². The van der Waals surface area contributed by atoms with Gasteiger partial charge in [0.15, 0.2) is 5.96 Å². The van der Waals surface area contributed by atoms with E-state index in [4.69, 9.17) is 4.99 Å². The van der Waals surface area contributed by atoms with Gasteiger partial charge in [-0.05, 0) is 63.1 Å². The molecule has 3 fully saturated rings. The second-order valence-corrected chi connectivity index (χ2v) is 9.07. The molecule has 1 aromatic carbocycles. The van der Waals surface area contributed by atoms with Gasteiger partial charge in [0.2, 0.25) is 0 Å². The van der Waals surface area contributed by atoms with E-state index in [9.17, 15) is 0 Å². The first-order valence-corrected chi connectivity index (χ1v) is 11.0. The first-order chi connectivity index (χ1) is 12.7. The third kappa shape index (κ3) is 5.38. The molecular weight excluding hydrogens is 515 g/mol. The molecule has 1 heterocycles. The highest BCUT2D eigenvalue weighted by atomic mass is 127. The summed E-state index contributed by atoms with van der Waals surface area (Å²) < 4.78 is 1.22. The van der Waals surface area contributed by atoms with Gasteiger partial charge in [-0.2, -0.15) is 0 Å². The maximum Gasteiger partial charge on any atom is 0.191 e. The number of hydrogen-bond donors (Lipinski definition) is 2. The molecule has 6 heteroatoms. The number of halogens is 2. The number of nitrogens with one attached hydrogen (secondary N) is 2. The van der Waals surface area contributed by atoms with Crippen LogP contribution in [0.4, 0.5) is 0 Å². The van der Waals surface area contributed by atoms with Crippen molar-refractivity contribution in [2.24, 2.45) is 10.9 Å². The van der Waals surface area contributed by atoms with Gasteiger partial charge >= 0.3 is 0 Å². The molecule has 1 aromatic rings. The van der Waals surface area contributed by atoms with Gasteiger partial charge in [-0.15, -0.1) is 24.0 Å². The van der Waals surface area contributed by atoms with Gasteiger partial charge in [0.25, 0.3) is 0 Å². The number of aliphatic imine (C=N–C) groups is 1. The Morgan fingerprint density at radius 1 is 1.22 bits per heavy atom. The summed E-state index contributed by atoms with van der Waals surface area (Å²) in [5.41, 5.74) is 1.65. The second kappa shape index (κ2) is 9.44. The topological polar surface area (TPSA) is 39.7 Å². The molecule has 1 aliphatic heterocycles. The Labute approximate surface area is 189 Å². The van der Waals surface area contributed by atoms with Gasteiger partial charge in [0.1, 0.15) is 0 Å². The van der Waals surface area contributed by atoms with E-state index in [0.29, 0.717) is 0 Å². The maximum absolute atomic E-state index is 4.95. The minimum atomic E-state index is 0. The van der Waals surface area contributed by atoms with Crippen molar-refractivity contribution in [3.63, 3.8) is 0 Å². The summed E-state index contributed by atoms with van der Waals surface area (Å²) in [5.74, 6) is 1.74. The Morgan fingerprint density at radius 3 is 2.67 bits per heavy atom. The zero-order valence-corrected chi connectivity index (χ0v) is 20.1. The molecule has 0 aromatic heterocycles. The van der Waals surface area contributed by atoms with Crippen LogP contribution in [0.25, 0.3) is 0 Å². The molecule has 150 valence electrons. The van der Waals surface area contributed by atoms with Crippen LogP contribution in [0.5, 0.6) is 0 Å². The van der Waals surface area contributed by atoms with Crippen molar-refractivity contribution < 1.29 is 0 Å². The lowest BCUT2D eigenvalue weighted by molar-refractivity contribution is 0.314. The van der Waals surface area contributed by atoms with Crippen molar-refractivity contribution in [2.75, 3.05) is 32.7 Å². The van der Waals surface area contributed by atoms with Gasteiger partial charge in [0.05, 0.1) is 6.54 Å². The van der Waals surface area contributed by atoms with E-state index in [-0.39, 0.29) is 29.4 Å². The van der Waals surface area contributed by atoms with E-state index in [1.165, 1.54) is 55.2 Å². The third-order valence-corrected chi connectivity index (χ3v) is 6.81. The number of guanidine groups is 1. The van der Waals surface area contributed by atoms with Crippen LogP contribution in [0.3, 0.4) is 0 Å². The minimum Gasteiger partial charge on any atom is -0.357 e. The Hall–Kier alpha value is -0.340. The molecule has 3 aliphatic rings. The summed E-state index contributed by atoms with van der Waals surface area (Å²) in [4.78, 5) is 7.64. The second-order valence-electron chi connectivity index (χ2n) is 8.22. The summed E-state index contributed by atoms with van der Waals surface area (Å²) in [6, 6.07) is 9.53. The van der Waals surface area contributed by atoms with Crippen LogP contribution in [0.15, 0.2) is 33.7 Å². The molecule has 1 saturated heterocycles. The lowest BCUT2D eigenvalue weighted by atomic mass is 9.96. The highest BCUT2D eigenvalue weighted by Gasteiger charge is 2.45. The zero-order valence-electron chi connectivity index (χ0n) is 16.2. The summed E-state index contributed by atoms with van der Waals surface area (Å²) in [6.07, 6.45) is 6.63. The highest BCUT2D eigenvalue weighted by Crippen LogP contribution is 2.50. The fourth-order valence-electron chi connectivity index (χ4n) is 4.17. The zero-order chi connectivity index (χ0) is 18.0. The van der Waals surface area contributed by atoms with E-state index in [1.807, 2.05) is 0 Å². The van der Waals surface area contributed by atoms with Crippen molar-refractivity contribution in [3.8, 4) is 0 Å². The highest BCUT2D eigenvalue weighted by molar-refractivity contribution is 14.0. The first-order valence-electron chi connectivity index (χ1n) is 10.2. The fourth-order valence-corrected chi connectivity index (χ4v) is 4.87. The predicted molar refractivity (Wildman–Crippen MR) is 127 cm³/mol. The Bertz CT molecular complexity index is 657. The molecule has 0 bridgehead atoms. The molecule has 0 amide bonds. The maximum atomic E-state index is 4.95. The van der Waals surface area contributed by atoms with E-state index >= 15 is 0 Å². The van der Waals surface area contributed by atoms with Crippen LogP contribution in [0, 0.1) is 5.92 Å². The number of benzene rings is 1. The molecule has 2 N–H and O–H groups in total. The van der Waals surface area contributed by atoms with E-state index in [2.05, 4.69) is 62.7 Å². The van der Waals surface area contributed by atoms with Crippen molar-refractivity contribution >= 4 is 45.9 Å². The van der Waals surface area contributed by atoms with Gasteiger partial charge in [-0.1, -0.05) is 34.1 Å². The lowest BCUT2D eigenvalue weighted by Crippen LogP contribution is -2.41. The minimum absolute atomic E-state index is 0. The molecular formula is C21H32BrIN4. The largest absolute Gasteiger partial charge is 0.357 e. The summed E-state index contributed by atoms with van der Waals surface area (Å²) in [5, 5.41) is 7.04. The first kappa shape index (κ1) is 21.4. The fraction of sp³-hybridized carbons (Fsp3) is 0.667. The quantitative estimate of drug-likeness (QED) is 0.307. The van der Waals surface area contributed by atoms with Crippen molar-refractivity contribution in [3.05, 3.63) is 34.3 Å². The summed E-state index contributed by atoms with van der Waals surface area (Å²) in [6.45, 7) is 7.50. The van der Waals surface area contributed by atoms with Gasteiger partial charge in [-0.25, -0.2) is 0 Å².